The molecule has 2 aliphatic rings. The van der Waals surface area contributed by atoms with Crippen LogP contribution in [0.25, 0.3) is 0 Å². The Morgan fingerprint density at radius 2 is 2.00 bits per heavy atom. The van der Waals surface area contributed by atoms with Crippen molar-refractivity contribution >= 4 is 33.2 Å². The average molecular weight is 458 g/mol. The Balaban J connectivity index is 1.51. The maximum absolute atomic E-state index is 13.4. The molecular weight excluding hydrogens is 430 g/mol. The molecule has 9 heteroatoms. The van der Waals surface area contributed by atoms with Crippen LogP contribution in [0.2, 0.25) is 0 Å². The smallest absolute Gasteiger partial charge is 0.262 e. The van der Waals surface area contributed by atoms with Crippen molar-refractivity contribution < 1.29 is 22.7 Å². The van der Waals surface area contributed by atoms with Crippen molar-refractivity contribution in [3.8, 4) is 5.75 Å². The monoisotopic (exact) mass is 457 g/mol. The zero-order valence-electron chi connectivity index (χ0n) is 18.2. The zero-order chi connectivity index (χ0) is 22.9. The Labute approximate surface area is 188 Å². The number of sulfonamides is 1. The van der Waals surface area contributed by atoms with Gasteiger partial charge in [-0.15, -0.1) is 0 Å². The molecule has 2 heterocycles. The van der Waals surface area contributed by atoms with Crippen molar-refractivity contribution in [1.29, 1.82) is 0 Å². The Hall–Kier alpha value is -2.91. The van der Waals surface area contributed by atoms with E-state index in [2.05, 4.69) is 17.6 Å². The third-order valence-electron chi connectivity index (χ3n) is 5.91. The van der Waals surface area contributed by atoms with Gasteiger partial charge in [0.15, 0.2) is 6.61 Å². The third-order valence-corrected chi connectivity index (χ3v) is 7.92. The van der Waals surface area contributed by atoms with Crippen LogP contribution in [0.1, 0.15) is 30.9 Å². The fourth-order valence-electron chi connectivity index (χ4n) is 4.08. The lowest BCUT2D eigenvalue weighted by Crippen LogP contribution is -2.43. The predicted octanol–water partition coefficient (Wildman–Crippen LogP) is 2.93. The molecule has 2 N–H and O–H groups in total. The van der Waals surface area contributed by atoms with Crippen LogP contribution in [0.15, 0.2) is 41.3 Å². The number of rotatable bonds is 5. The largest absolute Gasteiger partial charge is 0.482 e. The number of carbonyl (C=O) groups is 2. The summed E-state index contributed by atoms with van der Waals surface area (Å²) in [6.07, 6.45) is 2.15. The topological polar surface area (TPSA) is 105 Å². The lowest BCUT2D eigenvalue weighted by atomic mass is 9.98. The van der Waals surface area contributed by atoms with Gasteiger partial charge in [0, 0.05) is 24.8 Å². The van der Waals surface area contributed by atoms with Crippen molar-refractivity contribution in [2.24, 2.45) is 5.92 Å². The number of hydrogen-bond donors (Lipinski definition) is 2. The lowest BCUT2D eigenvalue weighted by Gasteiger charge is -2.32. The highest BCUT2D eigenvalue weighted by molar-refractivity contribution is 7.89. The average Bonchev–Trinajstić information content (AvgIpc) is 2.79. The summed E-state index contributed by atoms with van der Waals surface area (Å²) in [4.78, 5) is 24.5. The molecule has 0 radical (unpaired) electrons. The number of amides is 2. The highest BCUT2D eigenvalue weighted by Gasteiger charge is 2.35. The van der Waals surface area contributed by atoms with Crippen LogP contribution in [0, 0.1) is 12.8 Å². The summed E-state index contributed by atoms with van der Waals surface area (Å²) in [5.74, 6) is -0.558. The summed E-state index contributed by atoms with van der Waals surface area (Å²) in [6, 6.07) is 10.7. The van der Waals surface area contributed by atoms with Gasteiger partial charge < -0.3 is 15.4 Å². The Bertz CT molecular complexity index is 1140. The number of carbonyl (C=O) groups excluding carboxylic acids is 2. The van der Waals surface area contributed by atoms with E-state index in [4.69, 9.17) is 4.74 Å². The second kappa shape index (κ2) is 8.91. The Kier molecular flexibility index (Phi) is 6.21. The first-order valence-corrected chi connectivity index (χ1v) is 12.2. The van der Waals surface area contributed by atoms with E-state index in [0.29, 0.717) is 42.1 Å². The number of nitrogens with zero attached hydrogens (tertiary/aromatic N) is 1. The molecule has 4 rings (SSSR count). The summed E-state index contributed by atoms with van der Waals surface area (Å²) in [6.45, 7) is 4.07. The summed E-state index contributed by atoms with van der Waals surface area (Å²) in [7, 11) is -3.83. The minimum atomic E-state index is -3.83. The number of anilines is 2. The number of ether oxygens (including phenoxy) is 1. The van der Waals surface area contributed by atoms with Crippen molar-refractivity contribution in [2.45, 2.75) is 38.0 Å². The van der Waals surface area contributed by atoms with Gasteiger partial charge in [0.1, 0.15) is 5.75 Å². The minimum absolute atomic E-state index is 0.120. The van der Waals surface area contributed by atoms with Crippen molar-refractivity contribution in [2.75, 3.05) is 30.3 Å². The van der Waals surface area contributed by atoms with Gasteiger partial charge in [0.25, 0.3) is 5.91 Å². The first kappa shape index (κ1) is 22.3. The lowest BCUT2D eigenvalue weighted by molar-refractivity contribution is -0.121. The Morgan fingerprint density at radius 1 is 1.25 bits per heavy atom. The van der Waals surface area contributed by atoms with Gasteiger partial charge in [0.2, 0.25) is 15.9 Å². The normalized spacial score (nSPS) is 18.9. The van der Waals surface area contributed by atoms with E-state index in [1.165, 1.54) is 15.9 Å². The molecule has 2 aromatic rings. The maximum atomic E-state index is 13.4. The second-order valence-electron chi connectivity index (χ2n) is 8.19. The van der Waals surface area contributed by atoms with E-state index in [0.717, 1.165) is 6.42 Å². The van der Waals surface area contributed by atoms with Gasteiger partial charge in [0.05, 0.1) is 16.5 Å². The molecule has 2 aromatic carbocycles. The van der Waals surface area contributed by atoms with E-state index < -0.39 is 15.9 Å². The molecule has 1 fully saturated rings. The number of hydrogen-bond acceptors (Lipinski definition) is 5. The quantitative estimate of drug-likeness (QED) is 0.718. The summed E-state index contributed by atoms with van der Waals surface area (Å²) >= 11 is 0. The van der Waals surface area contributed by atoms with Crippen LogP contribution >= 0.6 is 0 Å². The molecular formula is C23H27N3O5S. The first-order valence-electron chi connectivity index (χ1n) is 10.7. The van der Waals surface area contributed by atoms with E-state index in [9.17, 15) is 18.0 Å². The SMILES string of the molecule is CCc1ccc(NC(=O)[C@@H]2CCCN(S(=O)(=O)c3cc4c(cc3C)NC(=O)CO4)C2)cc1. The zero-order valence-corrected chi connectivity index (χ0v) is 19.0. The van der Waals surface area contributed by atoms with Crippen molar-refractivity contribution in [1.82, 2.24) is 4.31 Å². The fraction of sp³-hybridized carbons (Fsp3) is 0.391. The molecule has 0 unspecified atom stereocenters. The van der Waals surface area contributed by atoms with E-state index in [1.807, 2.05) is 24.3 Å². The van der Waals surface area contributed by atoms with Gasteiger partial charge in [-0.25, -0.2) is 8.42 Å². The molecule has 8 nitrogen and oxygen atoms in total. The number of piperidine rings is 1. The summed E-state index contributed by atoms with van der Waals surface area (Å²) in [5.41, 5.74) is 2.86. The number of fused-ring (bicyclic) bond motifs is 1. The summed E-state index contributed by atoms with van der Waals surface area (Å²) in [5, 5.41) is 5.60. The molecule has 2 amide bonds. The highest BCUT2D eigenvalue weighted by atomic mass is 32.2. The number of nitrogens with one attached hydrogen (secondary N) is 2. The molecule has 2 aliphatic heterocycles. The number of benzene rings is 2. The van der Waals surface area contributed by atoms with Crippen LogP contribution in [0.3, 0.4) is 0 Å². The van der Waals surface area contributed by atoms with Crippen molar-refractivity contribution in [3.63, 3.8) is 0 Å². The third kappa shape index (κ3) is 4.49. The molecule has 1 atom stereocenters. The number of aryl methyl sites for hydroxylation is 2. The van der Waals surface area contributed by atoms with Crippen molar-refractivity contribution in [3.05, 3.63) is 47.5 Å². The highest BCUT2D eigenvalue weighted by Crippen LogP contribution is 2.35. The minimum Gasteiger partial charge on any atom is -0.482 e. The molecule has 1 saturated heterocycles. The molecule has 170 valence electrons. The first-order chi connectivity index (χ1) is 15.3. The summed E-state index contributed by atoms with van der Waals surface area (Å²) < 4.78 is 33.6. The molecule has 32 heavy (non-hydrogen) atoms. The second-order valence-corrected chi connectivity index (χ2v) is 10.1. The van der Waals surface area contributed by atoms with Crippen LogP contribution in [0.5, 0.6) is 5.75 Å². The molecule has 0 bridgehead atoms. The molecule has 0 spiro atoms. The molecule has 0 saturated carbocycles. The van der Waals surface area contributed by atoms with Gasteiger partial charge in [-0.3, -0.25) is 9.59 Å². The Morgan fingerprint density at radius 3 is 2.72 bits per heavy atom. The van der Waals surface area contributed by atoms with Gasteiger partial charge in [-0.1, -0.05) is 19.1 Å². The molecule has 0 aromatic heterocycles. The predicted molar refractivity (Wildman–Crippen MR) is 121 cm³/mol. The van der Waals surface area contributed by atoms with Gasteiger partial charge in [-0.2, -0.15) is 4.31 Å². The van der Waals surface area contributed by atoms with Crippen LogP contribution in [0.4, 0.5) is 11.4 Å². The van der Waals surface area contributed by atoms with Gasteiger partial charge in [-0.05, 0) is 55.5 Å². The van der Waals surface area contributed by atoms with Crippen LogP contribution in [-0.2, 0) is 26.0 Å². The maximum Gasteiger partial charge on any atom is 0.262 e. The van der Waals surface area contributed by atoms with Gasteiger partial charge >= 0.3 is 0 Å². The fourth-order valence-corrected chi connectivity index (χ4v) is 5.82. The van der Waals surface area contributed by atoms with E-state index in [-0.39, 0.29) is 29.9 Å². The van der Waals surface area contributed by atoms with E-state index in [1.54, 1.807) is 13.0 Å². The van der Waals surface area contributed by atoms with E-state index >= 15 is 0 Å². The van der Waals surface area contributed by atoms with Crippen LogP contribution < -0.4 is 15.4 Å². The standard InChI is InChI=1S/C23H27N3O5S/c1-3-16-6-8-18(9-7-16)24-23(28)17-5-4-10-26(13-17)32(29,30)21-12-20-19(11-15(21)2)25-22(27)14-31-20/h6-9,11-12,17H,3-5,10,13-14H2,1-2H3,(H,24,28)(H,25,27)/t17-/m1/s1. The van der Waals surface area contributed by atoms with Crippen LogP contribution in [-0.4, -0.2) is 44.2 Å². The molecule has 0 aliphatic carbocycles.